The number of unbranched alkanes of at least 4 members (excludes halogenated alkanes) is 9. The van der Waals surface area contributed by atoms with Gasteiger partial charge in [0, 0.05) is 25.3 Å². The normalized spacial score (nSPS) is 29.4. The summed E-state index contributed by atoms with van der Waals surface area (Å²) in [5.41, 5.74) is 2.19. The molecule has 0 spiro atoms. The predicted molar refractivity (Wildman–Crippen MR) is 221 cm³/mol. The number of hydrogen-bond donors (Lipinski definition) is 4. The van der Waals surface area contributed by atoms with E-state index in [1.54, 1.807) is 0 Å². The van der Waals surface area contributed by atoms with Crippen molar-refractivity contribution in [1.82, 2.24) is 10.6 Å². The number of aliphatic hydroxyl groups excluding tert-OH is 2. The van der Waals surface area contributed by atoms with E-state index in [0.717, 1.165) is 37.1 Å². The van der Waals surface area contributed by atoms with Crippen LogP contribution in [-0.4, -0.2) is 109 Å². The van der Waals surface area contributed by atoms with E-state index in [9.17, 15) is 10.2 Å². The van der Waals surface area contributed by atoms with Gasteiger partial charge in [0.15, 0.2) is 24.2 Å². The van der Waals surface area contributed by atoms with Crippen molar-refractivity contribution in [1.29, 1.82) is 0 Å². The average molecular weight is 813 g/mol. The lowest BCUT2D eigenvalue weighted by Crippen LogP contribution is -2.49. The molecule has 0 aliphatic carbocycles. The van der Waals surface area contributed by atoms with Crippen molar-refractivity contribution >= 4 is 0 Å². The van der Waals surface area contributed by atoms with Gasteiger partial charge in [-0.2, -0.15) is 0 Å². The van der Waals surface area contributed by atoms with Gasteiger partial charge < -0.3 is 58.7 Å². The second-order valence-electron chi connectivity index (χ2n) is 17.3. The topological polar surface area (TPSA) is 138 Å². The Balaban J connectivity index is 0.825. The van der Waals surface area contributed by atoms with E-state index in [1.807, 2.05) is 64.1 Å². The number of fused-ring (bicyclic) bond motifs is 2. The zero-order valence-corrected chi connectivity index (χ0v) is 35.4. The fourth-order valence-electron chi connectivity index (χ4n) is 8.85. The van der Waals surface area contributed by atoms with E-state index in [2.05, 4.69) is 34.9 Å². The van der Waals surface area contributed by atoms with Crippen molar-refractivity contribution in [2.24, 2.45) is 0 Å². The summed E-state index contributed by atoms with van der Waals surface area (Å²) in [6.07, 6.45) is 10.3. The number of hydrogen-bond acceptors (Lipinski definition) is 12. The van der Waals surface area contributed by atoms with Crippen LogP contribution >= 0.6 is 0 Å². The van der Waals surface area contributed by atoms with Gasteiger partial charge in [-0.25, -0.2) is 0 Å². The van der Waals surface area contributed by atoms with Crippen LogP contribution in [0.15, 0.2) is 60.7 Å². The zero-order valence-electron chi connectivity index (χ0n) is 35.4. The Morgan fingerprint density at radius 1 is 0.534 bits per heavy atom. The Hall–Kier alpha value is -2.04. The summed E-state index contributed by atoms with van der Waals surface area (Å²) in [5.74, 6) is -1.45. The zero-order chi connectivity index (χ0) is 40.8. The van der Waals surface area contributed by atoms with Gasteiger partial charge in [-0.3, -0.25) is 0 Å². The molecule has 2 aromatic carbocycles. The summed E-state index contributed by atoms with van der Waals surface area (Å²) >= 11 is 0. The molecule has 4 saturated heterocycles. The quantitative estimate of drug-likeness (QED) is 0.0734. The molecule has 2 aromatic rings. The van der Waals surface area contributed by atoms with Crippen LogP contribution in [-0.2, 0) is 51.1 Å². The molecule has 4 aliphatic rings. The van der Waals surface area contributed by atoms with E-state index < -0.39 is 24.2 Å². The van der Waals surface area contributed by atoms with Gasteiger partial charge in [-0.15, -0.1) is 0 Å². The van der Waals surface area contributed by atoms with Gasteiger partial charge in [0.2, 0.25) is 0 Å². The SMILES string of the molecule is CC1(C)O[C@H]2OC([C@H](CCO)NCCCCCCCCCCCCN[C@@H](CCO)C3O[C@@H]4OC(C)(C)O[C@@H]4[C@H]3OCc3ccccc3)[C@H](OCc3ccccc3)[C@H]2O1. The smallest absolute Gasteiger partial charge is 0.190 e. The van der Waals surface area contributed by atoms with Crippen LogP contribution in [0.3, 0.4) is 0 Å². The first-order chi connectivity index (χ1) is 28.2. The van der Waals surface area contributed by atoms with E-state index >= 15 is 0 Å². The van der Waals surface area contributed by atoms with Crippen LogP contribution in [0.25, 0.3) is 0 Å². The van der Waals surface area contributed by atoms with E-state index in [4.69, 9.17) is 37.9 Å². The van der Waals surface area contributed by atoms with Crippen molar-refractivity contribution in [3.05, 3.63) is 71.8 Å². The lowest BCUT2D eigenvalue weighted by Gasteiger charge is -2.31. The Morgan fingerprint density at radius 3 is 1.26 bits per heavy atom. The van der Waals surface area contributed by atoms with Crippen LogP contribution in [0.5, 0.6) is 0 Å². The van der Waals surface area contributed by atoms with Crippen molar-refractivity contribution in [2.45, 2.75) is 191 Å². The summed E-state index contributed by atoms with van der Waals surface area (Å²) in [6, 6.07) is 20.2. The monoisotopic (exact) mass is 813 g/mol. The maximum atomic E-state index is 9.93. The number of benzene rings is 2. The Labute approximate surface area is 346 Å². The number of aliphatic hydroxyl groups is 2. The summed E-state index contributed by atoms with van der Waals surface area (Å²) in [6.45, 7) is 10.4. The minimum atomic E-state index is -0.725. The first kappa shape index (κ1) is 45.5. The minimum absolute atomic E-state index is 0.0640. The highest BCUT2D eigenvalue weighted by atomic mass is 16.9. The van der Waals surface area contributed by atoms with E-state index in [0.29, 0.717) is 26.1 Å². The molecule has 12 nitrogen and oxygen atoms in total. The summed E-state index contributed by atoms with van der Waals surface area (Å²) in [5, 5.41) is 27.2. The molecule has 0 saturated carbocycles. The fourth-order valence-corrected chi connectivity index (χ4v) is 8.85. The summed E-state index contributed by atoms with van der Waals surface area (Å²) in [7, 11) is 0. The number of ether oxygens (including phenoxy) is 8. The maximum Gasteiger partial charge on any atom is 0.190 e. The van der Waals surface area contributed by atoms with Crippen LogP contribution < -0.4 is 10.6 Å². The fraction of sp³-hybridized carbons (Fsp3) is 0.739. The second kappa shape index (κ2) is 22.7. The van der Waals surface area contributed by atoms with Crippen LogP contribution in [0.2, 0.25) is 0 Å². The Kier molecular flexibility index (Phi) is 17.8. The van der Waals surface area contributed by atoms with Gasteiger partial charge >= 0.3 is 0 Å². The molecule has 4 heterocycles. The molecule has 6 rings (SSSR count). The molecular weight excluding hydrogens is 741 g/mol. The molecule has 4 N–H and O–H groups in total. The summed E-state index contributed by atoms with van der Waals surface area (Å²) < 4.78 is 50.3. The average Bonchev–Trinajstić information content (AvgIpc) is 3.90. The maximum absolute atomic E-state index is 9.93. The van der Waals surface area contributed by atoms with Gasteiger partial charge in [0.25, 0.3) is 0 Å². The van der Waals surface area contributed by atoms with Gasteiger partial charge in [-0.1, -0.05) is 112 Å². The highest BCUT2D eigenvalue weighted by Gasteiger charge is 2.58. The molecule has 58 heavy (non-hydrogen) atoms. The molecule has 12 heteroatoms. The molecule has 0 radical (unpaired) electrons. The van der Waals surface area contributed by atoms with Crippen molar-refractivity contribution < 1.29 is 48.1 Å². The summed E-state index contributed by atoms with van der Waals surface area (Å²) in [4.78, 5) is 0. The number of rotatable bonds is 27. The van der Waals surface area contributed by atoms with Gasteiger partial charge in [0.05, 0.1) is 13.2 Å². The molecule has 10 atom stereocenters. The number of nitrogens with one attached hydrogen (secondary N) is 2. The third-order valence-electron chi connectivity index (χ3n) is 11.7. The molecule has 0 aromatic heterocycles. The molecule has 0 amide bonds. The van der Waals surface area contributed by atoms with Crippen LogP contribution in [0.4, 0.5) is 0 Å². The van der Waals surface area contributed by atoms with Gasteiger partial charge in [-0.05, 0) is 77.6 Å². The molecule has 2 unspecified atom stereocenters. The molecule has 326 valence electrons. The van der Waals surface area contributed by atoms with Crippen LogP contribution in [0.1, 0.15) is 116 Å². The Morgan fingerprint density at radius 2 is 0.897 bits per heavy atom. The van der Waals surface area contributed by atoms with Gasteiger partial charge in [0.1, 0.15) is 36.6 Å². The van der Waals surface area contributed by atoms with E-state index in [1.165, 1.54) is 51.4 Å². The van der Waals surface area contributed by atoms with Crippen LogP contribution in [0, 0.1) is 0 Å². The lowest BCUT2D eigenvalue weighted by atomic mass is 10.00. The molecule has 0 bridgehead atoms. The van der Waals surface area contributed by atoms with E-state index in [-0.39, 0.29) is 61.9 Å². The first-order valence-corrected chi connectivity index (χ1v) is 22.2. The van der Waals surface area contributed by atoms with Crippen molar-refractivity contribution in [3.63, 3.8) is 0 Å². The second-order valence-corrected chi connectivity index (χ2v) is 17.3. The first-order valence-electron chi connectivity index (χ1n) is 22.2. The third kappa shape index (κ3) is 13.2. The highest BCUT2D eigenvalue weighted by molar-refractivity contribution is 5.15. The standard InChI is InChI=1S/C46H72N2O10/c1-45(2)55-41-39(51-31-33-21-15-13-16-22-33)37(53-43(41)57-45)35(25-29-49)47-27-19-11-9-7-5-6-8-10-12-20-28-48-36(26-30-50)38-40(52-32-34-23-17-14-18-24-34)42-44(54-38)58-46(3,4)56-42/h13-18,21-24,35-44,47-50H,5-12,19-20,25-32H2,1-4H3/t35-,36-,37?,38?,39-,40-,41+,42+,43+,44+/m0/s1. The van der Waals surface area contributed by atoms with Crippen molar-refractivity contribution in [3.8, 4) is 0 Å². The molecule has 4 fully saturated rings. The molecular formula is C46H72N2O10. The Bertz CT molecular complexity index is 1330. The highest BCUT2D eigenvalue weighted by Crippen LogP contribution is 2.42. The predicted octanol–water partition coefficient (Wildman–Crippen LogP) is 6.49. The third-order valence-corrected chi connectivity index (χ3v) is 11.7. The minimum Gasteiger partial charge on any atom is -0.396 e. The lowest BCUT2D eigenvalue weighted by molar-refractivity contribution is -0.223. The largest absolute Gasteiger partial charge is 0.396 e. The molecule has 4 aliphatic heterocycles. The van der Waals surface area contributed by atoms with Crippen molar-refractivity contribution in [2.75, 3.05) is 26.3 Å².